The van der Waals surface area contributed by atoms with E-state index in [2.05, 4.69) is 14.9 Å². The number of carbonyl (C=O) groups is 1. The summed E-state index contributed by atoms with van der Waals surface area (Å²) in [5.41, 5.74) is 6.23. The molecule has 1 aromatic rings. The number of carbonyl (C=O) groups excluding carboxylic acids is 1. The molecule has 0 aliphatic carbocycles. The molecule has 1 saturated heterocycles. The van der Waals surface area contributed by atoms with Crippen LogP contribution in [0, 0.1) is 6.92 Å². The Kier molecular flexibility index (Phi) is 3.68. The van der Waals surface area contributed by atoms with Crippen molar-refractivity contribution in [1.82, 2.24) is 14.9 Å². The van der Waals surface area contributed by atoms with E-state index in [1.54, 1.807) is 6.20 Å². The zero-order valence-electron chi connectivity index (χ0n) is 10.1. The van der Waals surface area contributed by atoms with Crippen molar-refractivity contribution >= 4 is 5.91 Å². The molecule has 0 aromatic carbocycles. The number of amides is 1. The van der Waals surface area contributed by atoms with Crippen LogP contribution in [0.1, 0.15) is 36.8 Å². The number of nitrogens with zero attached hydrogens (tertiary/aromatic N) is 3. The lowest BCUT2D eigenvalue weighted by atomic mass is 10.0. The first-order valence-corrected chi connectivity index (χ1v) is 5.98. The molecule has 0 bridgehead atoms. The van der Waals surface area contributed by atoms with Gasteiger partial charge in [-0.25, -0.2) is 9.97 Å². The van der Waals surface area contributed by atoms with Crippen molar-refractivity contribution in [3.63, 3.8) is 0 Å². The molecule has 5 heteroatoms. The van der Waals surface area contributed by atoms with Gasteiger partial charge in [0.1, 0.15) is 5.82 Å². The van der Waals surface area contributed by atoms with Gasteiger partial charge in [-0.2, -0.15) is 0 Å². The molecule has 1 unspecified atom stereocenters. The van der Waals surface area contributed by atoms with Gasteiger partial charge in [0.05, 0.1) is 12.6 Å². The number of primary amides is 1. The summed E-state index contributed by atoms with van der Waals surface area (Å²) in [5.74, 6) is 0.524. The van der Waals surface area contributed by atoms with Crippen LogP contribution in [-0.2, 0) is 4.79 Å². The Bertz CT molecular complexity index is 407. The van der Waals surface area contributed by atoms with Crippen LogP contribution in [0.3, 0.4) is 0 Å². The first kappa shape index (κ1) is 12.0. The minimum Gasteiger partial charge on any atom is -0.369 e. The normalized spacial score (nSPS) is 21.4. The van der Waals surface area contributed by atoms with Gasteiger partial charge in [-0.1, -0.05) is 6.42 Å². The molecule has 2 N–H and O–H groups in total. The van der Waals surface area contributed by atoms with E-state index < -0.39 is 0 Å². The van der Waals surface area contributed by atoms with Crippen LogP contribution in [0.5, 0.6) is 0 Å². The van der Waals surface area contributed by atoms with Gasteiger partial charge in [-0.3, -0.25) is 9.69 Å². The summed E-state index contributed by atoms with van der Waals surface area (Å²) in [6, 6.07) is 2.02. The van der Waals surface area contributed by atoms with Crippen molar-refractivity contribution < 1.29 is 4.79 Å². The van der Waals surface area contributed by atoms with E-state index in [1.165, 1.54) is 0 Å². The van der Waals surface area contributed by atoms with Crippen LogP contribution < -0.4 is 5.73 Å². The van der Waals surface area contributed by atoms with Crippen LogP contribution in [0.4, 0.5) is 0 Å². The van der Waals surface area contributed by atoms with Crippen molar-refractivity contribution in [3.05, 3.63) is 23.8 Å². The van der Waals surface area contributed by atoms with Gasteiger partial charge in [-0.15, -0.1) is 0 Å². The Hall–Kier alpha value is -1.49. The van der Waals surface area contributed by atoms with Crippen LogP contribution >= 0.6 is 0 Å². The number of aromatic nitrogens is 2. The first-order valence-electron chi connectivity index (χ1n) is 5.98. The van der Waals surface area contributed by atoms with Gasteiger partial charge >= 0.3 is 0 Å². The fourth-order valence-corrected chi connectivity index (χ4v) is 2.30. The lowest BCUT2D eigenvalue weighted by Crippen LogP contribution is -2.40. The topological polar surface area (TPSA) is 72.1 Å². The fourth-order valence-electron chi connectivity index (χ4n) is 2.30. The molecule has 1 amide bonds. The minimum absolute atomic E-state index is 0.135. The second-order valence-electron chi connectivity index (χ2n) is 4.50. The Balaban J connectivity index is 2.18. The second-order valence-corrected chi connectivity index (χ2v) is 4.50. The number of hydrogen-bond acceptors (Lipinski definition) is 4. The molecule has 2 rings (SSSR count). The van der Waals surface area contributed by atoms with E-state index in [-0.39, 0.29) is 11.9 Å². The van der Waals surface area contributed by atoms with Crippen molar-refractivity contribution in [2.45, 2.75) is 32.2 Å². The molecule has 1 aromatic heterocycles. The van der Waals surface area contributed by atoms with E-state index in [0.717, 1.165) is 37.3 Å². The van der Waals surface area contributed by atoms with E-state index in [4.69, 9.17) is 5.73 Å². The number of nitrogens with two attached hydrogens (primary N) is 1. The van der Waals surface area contributed by atoms with Crippen LogP contribution in [0.2, 0.25) is 0 Å². The second kappa shape index (κ2) is 5.23. The summed E-state index contributed by atoms with van der Waals surface area (Å²) < 4.78 is 0. The monoisotopic (exact) mass is 234 g/mol. The maximum Gasteiger partial charge on any atom is 0.231 e. The highest BCUT2D eigenvalue weighted by molar-refractivity contribution is 5.76. The highest BCUT2D eigenvalue weighted by Crippen LogP contribution is 2.28. The summed E-state index contributed by atoms with van der Waals surface area (Å²) >= 11 is 0. The zero-order chi connectivity index (χ0) is 12.3. The molecule has 1 fully saturated rings. The molecule has 0 saturated carbocycles. The van der Waals surface area contributed by atoms with Crippen LogP contribution in [0.25, 0.3) is 0 Å². The Morgan fingerprint density at radius 3 is 3.12 bits per heavy atom. The molecular weight excluding hydrogens is 216 g/mol. The molecule has 1 aliphatic heterocycles. The molecule has 0 radical (unpaired) electrons. The van der Waals surface area contributed by atoms with Gasteiger partial charge in [0.2, 0.25) is 5.91 Å². The molecule has 5 nitrogen and oxygen atoms in total. The van der Waals surface area contributed by atoms with Gasteiger partial charge in [0, 0.05) is 11.9 Å². The van der Waals surface area contributed by atoms with Gasteiger partial charge in [0.25, 0.3) is 0 Å². The third kappa shape index (κ3) is 3.00. The van der Waals surface area contributed by atoms with Crippen LogP contribution in [0.15, 0.2) is 12.3 Å². The van der Waals surface area contributed by atoms with Gasteiger partial charge in [0.15, 0.2) is 0 Å². The van der Waals surface area contributed by atoms with E-state index in [0.29, 0.717) is 6.54 Å². The third-order valence-electron chi connectivity index (χ3n) is 3.08. The highest BCUT2D eigenvalue weighted by atomic mass is 16.1. The van der Waals surface area contributed by atoms with Crippen molar-refractivity contribution in [2.75, 3.05) is 13.1 Å². The molecule has 2 heterocycles. The molecule has 1 aliphatic rings. The number of likely N-dealkylation sites (tertiary alicyclic amines) is 1. The smallest absolute Gasteiger partial charge is 0.231 e. The molecular formula is C12H18N4O. The highest BCUT2D eigenvalue weighted by Gasteiger charge is 2.26. The molecule has 92 valence electrons. The average Bonchev–Trinajstić information content (AvgIpc) is 2.29. The van der Waals surface area contributed by atoms with E-state index in [9.17, 15) is 4.79 Å². The largest absolute Gasteiger partial charge is 0.369 e. The van der Waals surface area contributed by atoms with Crippen molar-refractivity contribution in [3.8, 4) is 0 Å². The van der Waals surface area contributed by atoms with Gasteiger partial charge < -0.3 is 5.73 Å². The fraction of sp³-hybridized carbons (Fsp3) is 0.583. The number of piperidine rings is 1. The zero-order valence-corrected chi connectivity index (χ0v) is 10.1. The van der Waals surface area contributed by atoms with Crippen LogP contribution in [-0.4, -0.2) is 33.9 Å². The van der Waals surface area contributed by atoms with Gasteiger partial charge in [-0.05, 0) is 32.4 Å². The predicted octanol–water partition coefficient (Wildman–Crippen LogP) is 0.797. The molecule has 17 heavy (non-hydrogen) atoms. The molecule has 0 spiro atoms. The maximum absolute atomic E-state index is 11.1. The minimum atomic E-state index is -0.287. The SMILES string of the molecule is Cc1ccnc(C2CCCCN2CC(N)=O)n1. The van der Waals surface area contributed by atoms with Crippen molar-refractivity contribution in [1.29, 1.82) is 0 Å². The first-order chi connectivity index (χ1) is 8.16. The third-order valence-corrected chi connectivity index (χ3v) is 3.08. The lowest BCUT2D eigenvalue weighted by Gasteiger charge is -2.33. The summed E-state index contributed by atoms with van der Waals surface area (Å²) in [7, 11) is 0. The summed E-state index contributed by atoms with van der Waals surface area (Å²) in [5, 5.41) is 0. The lowest BCUT2D eigenvalue weighted by molar-refractivity contribution is -0.120. The van der Waals surface area contributed by atoms with E-state index >= 15 is 0 Å². The number of hydrogen-bond donors (Lipinski definition) is 1. The average molecular weight is 234 g/mol. The standard InChI is InChI=1S/C12H18N4O/c1-9-5-6-14-12(15-9)10-4-2-3-7-16(10)8-11(13)17/h5-6,10H,2-4,7-8H2,1H3,(H2,13,17). The number of aryl methyl sites for hydroxylation is 1. The predicted molar refractivity (Wildman–Crippen MR) is 64.1 cm³/mol. The molecule has 1 atom stereocenters. The number of rotatable bonds is 3. The Morgan fingerprint density at radius 1 is 1.59 bits per heavy atom. The summed E-state index contributed by atoms with van der Waals surface area (Å²) in [6.07, 6.45) is 5.03. The Morgan fingerprint density at radius 2 is 2.41 bits per heavy atom. The van der Waals surface area contributed by atoms with E-state index in [1.807, 2.05) is 13.0 Å². The Labute approximate surface area is 101 Å². The summed E-state index contributed by atoms with van der Waals surface area (Å²) in [4.78, 5) is 21.9. The summed E-state index contributed by atoms with van der Waals surface area (Å²) in [6.45, 7) is 3.14. The maximum atomic E-state index is 11.1. The quantitative estimate of drug-likeness (QED) is 0.839. The van der Waals surface area contributed by atoms with Crippen molar-refractivity contribution in [2.24, 2.45) is 5.73 Å².